The van der Waals surface area contributed by atoms with Crippen LogP contribution in [0.5, 0.6) is 0 Å². The number of nitrogens with zero attached hydrogens (tertiary/aromatic N) is 1. The average Bonchev–Trinajstić information content (AvgIpc) is 2.92. The van der Waals surface area contributed by atoms with Gasteiger partial charge in [0.1, 0.15) is 11.5 Å². The van der Waals surface area contributed by atoms with E-state index < -0.39 is 0 Å². The second-order valence-corrected chi connectivity index (χ2v) is 5.84. The Morgan fingerprint density at radius 1 is 1.04 bits per heavy atom. The molecule has 0 aliphatic carbocycles. The number of hydrogen-bond acceptors (Lipinski definition) is 2. The number of carbonyl (C=O) groups excluding carboxylic acids is 1. The van der Waals surface area contributed by atoms with E-state index in [2.05, 4.69) is 43.2 Å². The van der Waals surface area contributed by atoms with Crippen molar-refractivity contribution in [3.63, 3.8) is 0 Å². The van der Waals surface area contributed by atoms with Gasteiger partial charge in [-0.3, -0.25) is 4.79 Å². The van der Waals surface area contributed by atoms with Gasteiger partial charge in [-0.15, -0.1) is 0 Å². The van der Waals surface area contributed by atoms with Gasteiger partial charge in [-0.2, -0.15) is 0 Å². The van der Waals surface area contributed by atoms with E-state index in [4.69, 9.17) is 0 Å². The smallest absolute Gasteiger partial charge is 0.275 e. The zero-order valence-corrected chi connectivity index (χ0v) is 13.7. The van der Waals surface area contributed by atoms with Crippen molar-refractivity contribution < 1.29 is 4.79 Å². The predicted octanol–water partition coefficient (Wildman–Crippen LogP) is 3.78. The molecule has 0 unspecified atom stereocenters. The summed E-state index contributed by atoms with van der Waals surface area (Å²) >= 11 is 0. The predicted molar refractivity (Wildman–Crippen MR) is 94.4 cm³/mol. The monoisotopic (exact) mass is 304 g/mol. The van der Waals surface area contributed by atoms with E-state index in [1.165, 1.54) is 16.7 Å². The third-order valence-corrected chi connectivity index (χ3v) is 4.17. The van der Waals surface area contributed by atoms with Crippen molar-refractivity contribution in [3.05, 3.63) is 76.0 Å². The van der Waals surface area contributed by atoms with E-state index in [0.29, 0.717) is 11.5 Å². The van der Waals surface area contributed by atoms with E-state index in [0.717, 1.165) is 17.5 Å². The van der Waals surface area contributed by atoms with Crippen molar-refractivity contribution in [3.8, 4) is 0 Å². The summed E-state index contributed by atoms with van der Waals surface area (Å²) in [6.07, 6.45) is 2.83. The van der Waals surface area contributed by atoms with Crippen LogP contribution in [-0.4, -0.2) is 11.7 Å². The van der Waals surface area contributed by atoms with Crippen LogP contribution >= 0.6 is 0 Å². The molecule has 116 valence electrons. The van der Waals surface area contributed by atoms with Gasteiger partial charge in [0, 0.05) is 5.56 Å². The SMILES string of the molecule is CCc1ccc(/C=C2/N=C(c3ccc(C)c(C)c3)NC2=O)cc1. The molecule has 1 N–H and O–H groups in total. The Kier molecular flexibility index (Phi) is 4.11. The van der Waals surface area contributed by atoms with Gasteiger partial charge in [-0.25, -0.2) is 4.99 Å². The summed E-state index contributed by atoms with van der Waals surface area (Å²) in [6, 6.07) is 14.3. The molecule has 1 aliphatic heterocycles. The highest BCUT2D eigenvalue weighted by Gasteiger charge is 2.21. The second kappa shape index (κ2) is 6.21. The van der Waals surface area contributed by atoms with Crippen LogP contribution in [0.15, 0.2) is 53.2 Å². The highest BCUT2D eigenvalue weighted by atomic mass is 16.2. The topological polar surface area (TPSA) is 41.5 Å². The maximum absolute atomic E-state index is 12.1. The van der Waals surface area contributed by atoms with Crippen LogP contribution in [0.3, 0.4) is 0 Å². The summed E-state index contributed by atoms with van der Waals surface area (Å²) in [6.45, 7) is 6.25. The van der Waals surface area contributed by atoms with Gasteiger partial charge in [0.05, 0.1) is 0 Å². The minimum Gasteiger partial charge on any atom is -0.305 e. The molecule has 3 rings (SSSR count). The molecule has 1 aliphatic rings. The summed E-state index contributed by atoms with van der Waals surface area (Å²) in [7, 11) is 0. The van der Waals surface area contributed by atoms with Gasteiger partial charge in [0.25, 0.3) is 5.91 Å². The number of carbonyl (C=O) groups is 1. The number of amides is 1. The molecule has 0 saturated carbocycles. The molecule has 0 fully saturated rings. The number of benzene rings is 2. The Labute approximate surface area is 136 Å². The number of aryl methyl sites for hydroxylation is 3. The van der Waals surface area contributed by atoms with Crippen LogP contribution in [0.4, 0.5) is 0 Å². The van der Waals surface area contributed by atoms with Gasteiger partial charge in [0.2, 0.25) is 0 Å². The Morgan fingerprint density at radius 3 is 2.43 bits per heavy atom. The minimum atomic E-state index is -0.155. The van der Waals surface area contributed by atoms with E-state index >= 15 is 0 Å². The molecule has 3 heteroatoms. The van der Waals surface area contributed by atoms with Crippen molar-refractivity contribution in [1.82, 2.24) is 5.32 Å². The normalized spacial score (nSPS) is 15.7. The van der Waals surface area contributed by atoms with E-state index in [1.54, 1.807) is 0 Å². The van der Waals surface area contributed by atoms with Gasteiger partial charge < -0.3 is 5.32 Å². The Hall–Kier alpha value is -2.68. The molecule has 1 heterocycles. The third kappa shape index (κ3) is 3.24. The summed E-state index contributed by atoms with van der Waals surface area (Å²) in [5.41, 5.74) is 6.06. The molecule has 0 atom stereocenters. The van der Waals surface area contributed by atoms with Crippen LogP contribution in [0.1, 0.15) is 34.7 Å². The van der Waals surface area contributed by atoms with E-state index in [9.17, 15) is 4.79 Å². The quantitative estimate of drug-likeness (QED) is 0.861. The molecule has 1 amide bonds. The standard InChI is InChI=1S/C20H20N2O/c1-4-15-6-8-16(9-7-15)12-18-20(23)22-19(21-18)17-10-5-13(2)14(3)11-17/h5-12H,4H2,1-3H3,(H,21,22,23)/b18-12+. The first kappa shape index (κ1) is 15.2. The summed E-state index contributed by atoms with van der Waals surface area (Å²) in [5, 5.41) is 2.85. The zero-order valence-electron chi connectivity index (χ0n) is 13.7. The number of aliphatic imine (C=N–C) groups is 1. The lowest BCUT2D eigenvalue weighted by Gasteiger charge is -2.04. The first-order valence-electron chi connectivity index (χ1n) is 7.85. The molecule has 0 aromatic heterocycles. The van der Waals surface area contributed by atoms with Gasteiger partial charge in [0.15, 0.2) is 0 Å². The van der Waals surface area contributed by atoms with Crippen molar-refractivity contribution in [2.45, 2.75) is 27.2 Å². The average molecular weight is 304 g/mol. The van der Waals surface area contributed by atoms with Crippen molar-refractivity contribution in [2.24, 2.45) is 4.99 Å². The minimum absolute atomic E-state index is 0.155. The molecule has 0 spiro atoms. The molecular weight excluding hydrogens is 284 g/mol. The van der Waals surface area contributed by atoms with Crippen LogP contribution in [-0.2, 0) is 11.2 Å². The first-order valence-corrected chi connectivity index (χ1v) is 7.85. The second-order valence-electron chi connectivity index (χ2n) is 5.84. The summed E-state index contributed by atoms with van der Waals surface area (Å²) < 4.78 is 0. The number of hydrogen-bond donors (Lipinski definition) is 1. The maximum atomic E-state index is 12.1. The summed E-state index contributed by atoms with van der Waals surface area (Å²) in [5.74, 6) is 0.465. The van der Waals surface area contributed by atoms with Crippen molar-refractivity contribution in [2.75, 3.05) is 0 Å². The fourth-order valence-corrected chi connectivity index (χ4v) is 2.50. The van der Waals surface area contributed by atoms with Crippen molar-refractivity contribution >= 4 is 17.8 Å². The van der Waals surface area contributed by atoms with Crippen LogP contribution in [0, 0.1) is 13.8 Å². The molecule has 0 radical (unpaired) electrons. The third-order valence-electron chi connectivity index (χ3n) is 4.17. The number of rotatable bonds is 3. The van der Waals surface area contributed by atoms with Gasteiger partial charge in [-0.05, 0) is 54.7 Å². The first-order chi connectivity index (χ1) is 11.1. The molecular formula is C20H20N2O. The van der Waals surface area contributed by atoms with Crippen molar-refractivity contribution in [1.29, 1.82) is 0 Å². The fraction of sp³-hybridized carbons (Fsp3) is 0.200. The molecule has 0 bridgehead atoms. The highest BCUT2D eigenvalue weighted by Crippen LogP contribution is 2.17. The van der Waals surface area contributed by atoms with Crippen LogP contribution < -0.4 is 5.32 Å². The van der Waals surface area contributed by atoms with Crippen LogP contribution in [0.25, 0.3) is 6.08 Å². The molecule has 23 heavy (non-hydrogen) atoms. The Morgan fingerprint density at radius 2 is 1.78 bits per heavy atom. The van der Waals surface area contributed by atoms with Gasteiger partial charge in [-0.1, -0.05) is 43.3 Å². The molecule has 3 nitrogen and oxygen atoms in total. The lowest BCUT2D eigenvalue weighted by atomic mass is 10.1. The molecule has 2 aromatic carbocycles. The van der Waals surface area contributed by atoms with E-state index in [-0.39, 0.29) is 5.91 Å². The molecule has 2 aromatic rings. The lowest BCUT2D eigenvalue weighted by molar-refractivity contribution is -0.115. The number of nitrogens with one attached hydrogen (secondary N) is 1. The Bertz CT molecular complexity index is 814. The number of amidine groups is 1. The largest absolute Gasteiger partial charge is 0.305 e. The highest BCUT2D eigenvalue weighted by molar-refractivity contribution is 6.19. The van der Waals surface area contributed by atoms with Crippen LogP contribution in [0.2, 0.25) is 0 Å². The van der Waals surface area contributed by atoms with E-state index in [1.807, 2.05) is 36.4 Å². The lowest BCUT2D eigenvalue weighted by Crippen LogP contribution is -2.24. The fourth-order valence-electron chi connectivity index (χ4n) is 2.50. The maximum Gasteiger partial charge on any atom is 0.275 e. The zero-order chi connectivity index (χ0) is 16.4. The van der Waals surface area contributed by atoms with Gasteiger partial charge >= 0.3 is 0 Å². The summed E-state index contributed by atoms with van der Waals surface area (Å²) in [4.78, 5) is 16.6. The molecule has 0 saturated heterocycles. The Balaban J connectivity index is 1.90.